The number of nitrogens with one attached hydrogen (secondary N) is 1. The average molecular weight is 395 g/mol. The maximum absolute atomic E-state index is 12.3. The molecule has 6 heteroatoms. The Morgan fingerprint density at radius 3 is 2.79 bits per heavy atom. The number of carbonyl (C=O) groups excluding carboxylic acids is 2. The van der Waals surface area contributed by atoms with Gasteiger partial charge in [-0.15, -0.1) is 0 Å². The third-order valence-electron chi connectivity index (χ3n) is 6.89. The van der Waals surface area contributed by atoms with E-state index in [1.807, 2.05) is 0 Å². The number of hydrogen-bond donors (Lipinski definition) is 1. The van der Waals surface area contributed by atoms with E-state index in [0.717, 1.165) is 6.42 Å². The number of hydrogen-bond acceptors (Lipinski definition) is 5. The number of esters is 1. The van der Waals surface area contributed by atoms with E-state index in [1.165, 1.54) is 51.5 Å². The Morgan fingerprint density at radius 2 is 2.00 bits per heavy atom. The monoisotopic (exact) mass is 394 g/mol. The summed E-state index contributed by atoms with van der Waals surface area (Å²) in [5, 5.41) is 2.82. The van der Waals surface area contributed by atoms with Crippen LogP contribution in [0.5, 0.6) is 0 Å². The molecule has 3 fully saturated rings. The van der Waals surface area contributed by atoms with E-state index in [9.17, 15) is 9.59 Å². The maximum Gasteiger partial charge on any atom is 0.407 e. The smallest absolute Gasteiger partial charge is 0.407 e. The highest BCUT2D eigenvalue weighted by molar-refractivity contribution is 5.70. The summed E-state index contributed by atoms with van der Waals surface area (Å²) in [6, 6.07) is 1.28. The summed E-state index contributed by atoms with van der Waals surface area (Å²) in [7, 11) is 0. The minimum absolute atomic E-state index is 0.0484. The van der Waals surface area contributed by atoms with Crippen LogP contribution >= 0.6 is 0 Å². The zero-order valence-electron chi connectivity index (χ0n) is 17.7. The van der Waals surface area contributed by atoms with Gasteiger partial charge in [0, 0.05) is 31.0 Å². The van der Waals surface area contributed by atoms with Gasteiger partial charge in [0.25, 0.3) is 0 Å². The fraction of sp³-hybridized carbons (Fsp3) is 0.909. The first-order valence-electron chi connectivity index (χ1n) is 11.5. The SMILES string of the molecule is CCCC[C@H]1C2CC(OC(=O)NCCCC(=O)OCC)C(C2)[C@H]2CCCCN21. The van der Waals surface area contributed by atoms with Gasteiger partial charge >= 0.3 is 12.1 Å². The van der Waals surface area contributed by atoms with Gasteiger partial charge in [0.05, 0.1) is 6.61 Å². The molecule has 0 spiro atoms. The van der Waals surface area contributed by atoms with E-state index < -0.39 is 0 Å². The molecule has 1 aliphatic carbocycles. The van der Waals surface area contributed by atoms with E-state index in [-0.39, 0.29) is 18.2 Å². The summed E-state index contributed by atoms with van der Waals surface area (Å²) >= 11 is 0. The zero-order valence-corrected chi connectivity index (χ0v) is 17.7. The van der Waals surface area contributed by atoms with E-state index in [1.54, 1.807) is 6.92 Å². The first-order valence-corrected chi connectivity index (χ1v) is 11.5. The van der Waals surface area contributed by atoms with Crippen molar-refractivity contribution in [3.8, 4) is 0 Å². The van der Waals surface area contributed by atoms with Crippen molar-refractivity contribution in [1.29, 1.82) is 0 Å². The molecular formula is C22H38N2O4. The number of carbonyl (C=O) groups is 2. The molecule has 5 atom stereocenters. The third-order valence-corrected chi connectivity index (χ3v) is 6.89. The van der Waals surface area contributed by atoms with Crippen molar-refractivity contribution in [3.05, 3.63) is 0 Å². The second-order valence-corrected chi connectivity index (χ2v) is 8.68. The van der Waals surface area contributed by atoms with E-state index in [2.05, 4.69) is 17.1 Å². The lowest BCUT2D eigenvalue weighted by Gasteiger charge is -2.49. The maximum atomic E-state index is 12.3. The molecule has 28 heavy (non-hydrogen) atoms. The van der Waals surface area contributed by atoms with Gasteiger partial charge in [-0.1, -0.05) is 26.2 Å². The molecule has 1 amide bonds. The van der Waals surface area contributed by atoms with Crippen LogP contribution in [-0.2, 0) is 14.3 Å². The first kappa shape index (κ1) is 21.4. The molecule has 0 aromatic rings. The summed E-state index contributed by atoms with van der Waals surface area (Å²) in [5.41, 5.74) is 0. The Balaban J connectivity index is 1.49. The number of fused-ring (bicyclic) bond motifs is 4. The fourth-order valence-corrected chi connectivity index (χ4v) is 5.70. The molecule has 2 aliphatic heterocycles. The molecule has 3 unspecified atom stereocenters. The van der Waals surface area contributed by atoms with Crippen molar-refractivity contribution >= 4 is 12.1 Å². The normalized spacial score (nSPS) is 31.9. The van der Waals surface area contributed by atoms with Crippen molar-refractivity contribution in [3.63, 3.8) is 0 Å². The number of nitrogens with zero attached hydrogens (tertiary/aromatic N) is 1. The molecule has 1 N–H and O–H groups in total. The highest BCUT2D eigenvalue weighted by atomic mass is 16.6. The molecule has 0 aromatic carbocycles. The molecule has 160 valence electrons. The van der Waals surface area contributed by atoms with Gasteiger partial charge in [0.15, 0.2) is 0 Å². The Labute approximate surface area is 169 Å². The Morgan fingerprint density at radius 1 is 1.14 bits per heavy atom. The summed E-state index contributed by atoms with van der Waals surface area (Å²) in [6.45, 7) is 6.14. The summed E-state index contributed by atoms with van der Waals surface area (Å²) in [4.78, 5) is 26.4. The van der Waals surface area contributed by atoms with Crippen LogP contribution in [0.25, 0.3) is 0 Å². The topological polar surface area (TPSA) is 67.9 Å². The van der Waals surface area contributed by atoms with Gasteiger partial charge < -0.3 is 14.8 Å². The number of piperidine rings is 2. The Bertz CT molecular complexity index is 527. The van der Waals surface area contributed by atoms with Crippen LogP contribution in [-0.4, -0.2) is 54.8 Å². The molecule has 0 aromatic heterocycles. The average Bonchev–Trinajstić information content (AvgIpc) is 3.04. The van der Waals surface area contributed by atoms with Crippen molar-refractivity contribution in [2.75, 3.05) is 19.7 Å². The van der Waals surface area contributed by atoms with Crippen LogP contribution in [0.15, 0.2) is 0 Å². The Kier molecular flexibility index (Phi) is 8.00. The highest BCUT2D eigenvalue weighted by Gasteiger charge is 2.52. The summed E-state index contributed by atoms with van der Waals surface area (Å²) < 4.78 is 10.8. The van der Waals surface area contributed by atoms with Crippen molar-refractivity contribution in [2.45, 2.75) is 96.2 Å². The van der Waals surface area contributed by atoms with Crippen LogP contribution < -0.4 is 5.32 Å². The fourth-order valence-electron chi connectivity index (χ4n) is 5.70. The Hall–Kier alpha value is -1.30. The summed E-state index contributed by atoms with van der Waals surface area (Å²) in [6.07, 6.45) is 10.6. The van der Waals surface area contributed by atoms with E-state index >= 15 is 0 Å². The van der Waals surface area contributed by atoms with Crippen LogP contribution in [0.3, 0.4) is 0 Å². The lowest BCUT2D eigenvalue weighted by molar-refractivity contribution is -0.143. The van der Waals surface area contributed by atoms with Gasteiger partial charge in [0.2, 0.25) is 0 Å². The van der Waals surface area contributed by atoms with Crippen LogP contribution in [0.4, 0.5) is 4.79 Å². The van der Waals surface area contributed by atoms with Gasteiger partial charge in [0.1, 0.15) is 6.10 Å². The van der Waals surface area contributed by atoms with Crippen LogP contribution in [0.2, 0.25) is 0 Å². The van der Waals surface area contributed by atoms with Gasteiger partial charge in [-0.3, -0.25) is 9.69 Å². The standard InChI is InChI=1S/C22H38N2O4/c1-3-5-9-18-16-14-17(19-10-6-7-13-24(18)19)20(15-16)28-22(26)23-12-8-11-21(25)27-4-2/h16-20H,3-15H2,1-2H3,(H,23,26)/t16?,17?,18-,19+,20?/m0/s1. The molecule has 3 rings (SSSR count). The van der Waals surface area contributed by atoms with Gasteiger partial charge in [-0.05, 0) is 57.9 Å². The van der Waals surface area contributed by atoms with E-state index in [0.29, 0.717) is 49.9 Å². The van der Waals surface area contributed by atoms with Gasteiger partial charge in [-0.25, -0.2) is 4.79 Å². The zero-order chi connectivity index (χ0) is 19.9. The van der Waals surface area contributed by atoms with Crippen molar-refractivity contribution < 1.29 is 19.1 Å². The molecule has 3 aliphatic rings. The molecule has 1 saturated carbocycles. The number of rotatable bonds is 9. The predicted octanol–water partition coefficient (Wildman–Crippen LogP) is 3.88. The number of ether oxygens (including phenoxy) is 2. The second kappa shape index (κ2) is 10.5. The van der Waals surface area contributed by atoms with Crippen LogP contribution in [0, 0.1) is 11.8 Å². The molecule has 2 saturated heterocycles. The van der Waals surface area contributed by atoms with Gasteiger partial charge in [-0.2, -0.15) is 0 Å². The minimum atomic E-state index is -0.325. The second-order valence-electron chi connectivity index (χ2n) is 8.68. The summed E-state index contributed by atoms with van der Waals surface area (Å²) in [5.74, 6) is 0.957. The molecule has 2 heterocycles. The number of amides is 1. The largest absolute Gasteiger partial charge is 0.466 e. The van der Waals surface area contributed by atoms with Crippen LogP contribution in [0.1, 0.15) is 78.1 Å². The lowest BCUT2D eigenvalue weighted by atomic mass is 9.79. The molecular weight excluding hydrogens is 356 g/mol. The quantitative estimate of drug-likeness (QED) is 0.475. The third kappa shape index (κ3) is 5.19. The minimum Gasteiger partial charge on any atom is -0.466 e. The lowest BCUT2D eigenvalue weighted by Crippen LogP contribution is -2.55. The van der Waals surface area contributed by atoms with Crippen molar-refractivity contribution in [1.82, 2.24) is 10.2 Å². The molecule has 6 nitrogen and oxygen atoms in total. The molecule has 0 radical (unpaired) electrons. The highest BCUT2D eigenvalue weighted by Crippen LogP contribution is 2.49. The molecule has 2 bridgehead atoms. The predicted molar refractivity (Wildman–Crippen MR) is 108 cm³/mol. The number of alkyl carbamates (subject to hydrolysis) is 1. The first-order chi connectivity index (χ1) is 13.6. The van der Waals surface area contributed by atoms with E-state index in [4.69, 9.17) is 9.47 Å². The van der Waals surface area contributed by atoms with Crippen molar-refractivity contribution in [2.24, 2.45) is 11.8 Å². The number of unbranched alkanes of at least 4 members (excludes halogenated alkanes) is 1.